The van der Waals surface area contributed by atoms with Crippen molar-refractivity contribution in [1.29, 1.82) is 0 Å². The molecule has 0 bridgehead atoms. The van der Waals surface area contributed by atoms with Crippen molar-refractivity contribution in [3.8, 4) is 0 Å². The van der Waals surface area contributed by atoms with Crippen molar-refractivity contribution in [3.05, 3.63) is 63.3 Å². The number of halogens is 1. The van der Waals surface area contributed by atoms with E-state index in [0.29, 0.717) is 12.2 Å². The second-order valence-corrected chi connectivity index (χ2v) is 8.07. The van der Waals surface area contributed by atoms with E-state index in [0.717, 1.165) is 55.5 Å². The Hall–Kier alpha value is -2.45. The lowest BCUT2D eigenvalue weighted by Crippen LogP contribution is -2.33. The first-order chi connectivity index (χ1) is 14.2. The van der Waals surface area contributed by atoms with Crippen LogP contribution in [0.3, 0.4) is 0 Å². The Balaban J connectivity index is 1.49. The molecule has 3 heterocycles. The fraction of sp³-hybridized carbons (Fsp3) is 0.400. The standard InChI is InChI=1S/C20H23ClN6OS/c1-2-17-23-20(29-24-17)26-10-6-9-25(11-12-26)16-13-22-27(19(28)18(16)21)14-15-7-4-3-5-8-15/h3-5,7-8,13H,2,6,9-12,14H2,1H3. The Morgan fingerprint density at radius 2 is 1.86 bits per heavy atom. The van der Waals surface area contributed by atoms with E-state index in [9.17, 15) is 4.79 Å². The van der Waals surface area contributed by atoms with Crippen LogP contribution >= 0.6 is 23.1 Å². The van der Waals surface area contributed by atoms with Gasteiger partial charge in [0, 0.05) is 44.1 Å². The number of hydrogen-bond donors (Lipinski definition) is 0. The second-order valence-electron chi connectivity index (χ2n) is 6.97. The zero-order chi connectivity index (χ0) is 20.2. The Kier molecular flexibility index (Phi) is 6.10. The summed E-state index contributed by atoms with van der Waals surface area (Å²) in [5.41, 5.74) is 1.46. The summed E-state index contributed by atoms with van der Waals surface area (Å²) in [6.07, 6.45) is 3.50. The van der Waals surface area contributed by atoms with E-state index in [1.165, 1.54) is 16.2 Å². The average Bonchev–Trinajstić information content (AvgIpc) is 3.10. The Bertz CT molecular complexity index is 1020. The van der Waals surface area contributed by atoms with Gasteiger partial charge in [-0.1, -0.05) is 48.9 Å². The number of nitrogens with zero attached hydrogens (tertiary/aromatic N) is 6. The predicted molar refractivity (Wildman–Crippen MR) is 117 cm³/mol. The van der Waals surface area contributed by atoms with Crippen LogP contribution in [0.2, 0.25) is 5.02 Å². The molecule has 0 radical (unpaired) electrons. The highest BCUT2D eigenvalue weighted by atomic mass is 35.5. The van der Waals surface area contributed by atoms with Gasteiger partial charge in [-0.2, -0.15) is 9.47 Å². The van der Waals surface area contributed by atoms with E-state index in [2.05, 4.69) is 31.2 Å². The molecule has 7 nitrogen and oxygen atoms in total. The molecule has 3 aromatic rings. The molecule has 9 heteroatoms. The van der Waals surface area contributed by atoms with Gasteiger partial charge in [0.1, 0.15) is 10.8 Å². The van der Waals surface area contributed by atoms with Gasteiger partial charge in [-0.05, 0) is 12.0 Å². The molecule has 2 aromatic heterocycles. The van der Waals surface area contributed by atoms with Gasteiger partial charge in [0.2, 0.25) is 5.13 Å². The van der Waals surface area contributed by atoms with Crippen LogP contribution in [0, 0.1) is 0 Å². The molecule has 0 unspecified atom stereocenters. The number of aromatic nitrogens is 4. The highest BCUT2D eigenvalue weighted by molar-refractivity contribution is 7.09. The molecule has 1 fully saturated rings. The summed E-state index contributed by atoms with van der Waals surface area (Å²) in [6, 6.07) is 9.78. The first-order valence-electron chi connectivity index (χ1n) is 9.77. The van der Waals surface area contributed by atoms with E-state index in [1.807, 2.05) is 30.3 Å². The van der Waals surface area contributed by atoms with Gasteiger partial charge in [-0.3, -0.25) is 4.79 Å². The summed E-state index contributed by atoms with van der Waals surface area (Å²) in [6.45, 7) is 5.76. The summed E-state index contributed by atoms with van der Waals surface area (Å²) >= 11 is 7.93. The third-order valence-electron chi connectivity index (χ3n) is 5.02. The number of benzene rings is 1. The van der Waals surface area contributed by atoms with Crippen molar-refractivity contribution < 1.29 is 0 Å². The molecule has 0 atom stereocenters. The molecule has 0 saturated carbocycles. The number of hydrogen-bond acceptors (Lipinski definition) is 7. The molecule has 1 aliphatic rings. The fourth-order valence-electron chi connectivity index (χ4n) is 3.41. The second kappa shape index (κ2) is 8.92. The molecular formula is C20H23ClN6OS. The molecular weight excluding hydrogens is 408 g/mol. The zero-order valence-corrected chi connectivity index (χ0v) is 17.9. The molecule has 1 aliphatic heterocycles. The van der Waals surface area contributed by atoms with E-state index in [1.54, 1.807) is 6.20 Å². The summed E-state index contributed by atoms with van der Waals surface area (Å²) in [5, 5.41) is 5.57. The highest BCUT2D eigenvalue weighted by Gasteiger charge is 2.21. The maximum atomic E-state index is 12.8. The monoisotopic (exact) mass is 430 g/mol. The van der Waals surface area contributed by atoms with Gasteiger partial charge in [0.05, 0.1) is 18.4 Å². The lowest BCUT2D eigenvalue weighted by molar-refractivity contribution is 0.636. The average molecular weight is 431 g/mol. The van der Waals surface area contributed by atoms with Crippen molar-refractivity contribution in [3.63, 3.8) is 0 Å². The van der Waals surface area contributed by atoms with Crippen LogP contribution in [-0.2, 0) is 13.0 Å². The summed E-state index contributed by atoms with van der Waals surface area (Å²) in [4.78, 5) is 21.8. The van der Waals surface area contributed by atoms with Gasteiger partial charge in [0.15, 0.2) is 0 Å². The van der Waals surface area contributed by atoms with Crippen LogP contribution in [0.1, 0.15) is 24.7 Å². The maximum Gasteiger partial charge on any atom is 0.287 e. The third kappa shape index (κ3) is 4.43. The van der Waals surface area contributed by atoms with Crippen LogP contribution in [0.25, 0.3) is 0 Å². The van der Waals surface area contributed by atoms with Crippen LogP contribution < -0.4 is 15.4 Å². The molecule has 1 saturated heterocycles. The van der Waals surface area contributed by atoms with E-state index < -0.39 is 0 Å². The lowest BCUT2D eigenvalue weighted by atomic mass is 10.2. The van der Waals surface area contributed by atoms with Crippen LogP contribution in [0.5, 0.6) is 0 Å². The predicted octanol–water partition coefficient (Wildman–Crippen LogP) is 3.08. The maximum absolute atomic E-state index is 12.8. The van der Waals surface area contributed by atoms with E-state index in [4.69, 9.17) is 11.6 Å². The quantitative estimate of drug-likeness (QED) is 0.619. The van der Waals surface area contributed by atoms with Crippen molar-refractivity contribution in [1.82, 2.24) is 19.1 Å². The first-order valence-corrected chi connectivity index (χ1v) is 10.9. The number of anilines is 2. The summed E-state index contributed by atoms with van der Waals surface area (Å²) in [5.74, 6) is 0.889. The number of rotatable bonds is 5. The summed E-state index contributed by atoms with van der Waals surface area (Å²) in [7, 11) is 0. The molecule has 0 N–H and O–H groups in total. The molecule has 1 aromatic carbocycles. The third-order valence-corrected chi connectivity index (χ3v) is 6.19. The molecule has 0 amide bonds. The van der Waals surface area contributed by atoms with Gasteiger partial charge in [-0.25, -0.2) is 9.67 Å². The molecule has 29 heavy (non-hydrogen) atoms. The number of aryl methyl sites for hydroxylation is 1. The van der Waals surface area contributed by atoms with Gasteiger partial charge in [-0.15, -0.1) is 0 Å². The van der Waals surface area contributed by atoms with Crippen molar-refractivity contribution in [2.24, 2.45) is 0 Å². The Morgan fingerprint density at radius 3 is 2.62 bits per heavy atom. The SMILES string of the molecule is CCc1nsc(N2CCCN(c3cnn(Cc4ccccc4)c(=O)c3Cl)CC2)n1. The first kappa shape index (κ1) is 19.8. The fourth-order valence-corrected chi connectivity index (χ4v) is 4.48. The van der Waals surface area contributed by atoms with Gasteiger partial charge >= 0.3 is 0 Å². The van der Waals surface area contributed by atoms with Gasteiger partial charge < -0.3 is 9.80 Å². The summed E-state index contributed by atoms with van der Waals surface area (Å²) < 4.78 is 5.80. The molecule has 0 aliphatic carbocycles. The largest absolute Gasteiger partial charge is 0.367 e. The normalized spacial score (nSPS) is 14.8. The topological polar surface area (TPSA) is 67.2 Å². The minimum absolute atomic E-state index is 0.230. The minimum atomic E-state index is -0.258. The Morgan fingerprint density at radius 1 is 1.10 bits per heavy atom. The van der Waals surface area contributed by atoms with Crippen molar-refractivity contribution in [2.45, 2.75) is 26.3 Å². The molecule has 0 spiro atoms. The van der Waals surface area contributed by atoms with Gasteiger partial charge in [0.25, 0.3) is 5.56 Å². The molecule has 4 rings (SSSR count). The van der Waals surface area contributed by atoms with Crippen LogP contribution in [0.15, 0.2) is 41.3 Å². The van der Waals surface area contributed by atoms with E-state index >= 15 is 0 Å². The Labute approximate surface area is 178 Å². The van der Waals surface area contributed by atoms with Crippen molar-refractivity contribution >= 4 is 34.0 Å². The van der Waals surface area contributed by atoms with Crippen LogP contribution in [-0.4, -0.2) is 45.3 Å². The zero-order valence-electron chi connectivity index (χ0n) is 16.3. The highest BCUT2D eigenvalue weighted by Crippen LogP contribution is 2.25. The smallest absolute Gasteiger partial charge is 0.287 e. The lowest BCUT2D eigenvalue weighted by Gasteiger charge is -2.24. The minimum Gasteiger partial charge on any atom is -0.367 e. The van der Waals surface area contributed by atoms with E-state index in [-0.39, 0.29) is 10.6 Å². The van der Waals surface area contributed by atoms with Crippen LogP contribution in [0.4, 0.5) is 10.8 Å². The van der Waals surface area contributed by atoms with Crippen molar-refractivity contribution in [2.75, 3.05) is 36.0 Å². The molecule has 152 valence electrons.